The quantitative estimate of drug-likeness (QED) is 0.856. The van der Waals surface area contributed by atoms with Crippen LogP contribution in [0.1, 0.15) is 10.4 Å². The Morgan fingerprint density at radius 2 is 2.06 bits per heavy atom. The molecule has 0 radical (unpaired) electrons. The van der Waals surface area contributed by atoms with Gasteiger partial charge in [0.25, 0.3) is 0 Å². The van der Waals surface area contributed by atoms with Crippen LogP contribution in [0.3, 0.4) is 0 Å². The predicted molar refractivity (Wildman–Crippen MR) is 73.7 cm³/mol. The fourth-order valence-corrected chi connectivity index (χ4v) is 2.35. The van der Waals surface area contributed by atoms with E-state index in [1.807, 2.05) is 18.2 Å². The van der Waals surface area contributed by atoms with Crippen LogP contribution in [0.25, 0.3) is 0 Å². The van der Waals surface area contributed by atoms with Gasteiger partial charge in [-0.05, 0) is 28.1 Å². The van der Waals surface area contributed by atoms with Gasteiger partial charge in [0.2, 0.25) is 0 Å². The zero-order valence-corrected chi connectivity index (χ0v) is 11.8. The van der Waals surface area contributed by atoms with E-state index in [2.05, 4.69) is 26.1 Å². The van der Waals surface area contributed by atoms with Crippen molar-refractivity contribution in [2.75, 3.05) is 39.3 Å². The van der Waals surface area contributed by atoms with Gasteiger partial charge in [0.1, 0.15) is 6.61 Å². The number of ether oxygens (including phenoxy) is 1. The van der Waals surface area contributed by atoms with Crippen LogP contribution in [0, 0.1) is 0 Å². The first-order chi connectivity index (χ1) is 8.77. The maximum atomic E-state index is 11.8. The third-order valence-corrected chi connectivity index (χ3v) is 3.64. The van der Waals surface area contributed by atoms with E-state index in [0.29, 0.717) is 12.2 Å². The Kier molecular flexibility index (Phi) is 5.16. The first kappa shape index (κ1) is 13.5. The number of nitrogens with one attached hydrogen (secondary N) is 1. The van der Waals surface area contributed by atoms with E-state index in [1.54, 1.807) is 6.07 Å². The number of benzene rings is 1. The summed E-state index contributed by atoms with van der Waals surface area (Å²) in [5, 5.41) is 3.29. The van der Waals surface area contributed by atoms with Crippen LogP contribution in [-0.2, 0) is 4.74 Å². The number of esters is 1. The van der Waals surface area contributed by atoms with Crippen LogP contribution in [0.15, 0.2) is 28.7 Å². The molecule has 1 saturated heterocycles. The van der Waals surface area contributed by atoms with Crippen molar-refractivity contribution in [3.05, 3.63) is 34.3 Å². The van der Waals surface area contributed by atoms with E-state index < -0.39 is 0 Å². The lowest BCUT2D eigenvalue weighted by molar-refractivity contribution is 0.0455. The van der Waals surface area contributed by atoms with E-state index in [4.69, 9.17) is 4.74 Å². The minimum absolute atomic E-state index is 0.266. The van der Waals surface area contributed by atoms with Gasteiger partial charge in [0, 0.05) is 37.2 Å². The van der Waals surface area contributed by atoms with Crippen LogP contribution in [0.2, 0.25) is 0 Å². The zero-order chi connectivity index (χ0) is 12.8. The molecule has 1 aliphatic rings. The summed E-state index contributed by atoms with van der Waals surface area (Å²) in [6.45, 7) is 5.31. The summed E-state index contributed by atoms with van der Waals surface area (Å²) in [5.74, 6) is -0.266. The van der Waals surface area contributed by atoms with Crippen LogP contribution in [0.5, 0.6) is 0 Å². The Bertz CT molecular complexity index is 406. The molecular formula is C13H17BrN2O2. The Balaban J connectivity index is 1.76. The second-order valence-corrected chi connectivity index (χ2v) is 5.06. The van der Waals surface area contributed by atoms with Crippen molar-refractivity contribution in [3.63, 3.8) is 0 Å². The van der Waals surface area contributed by atoms with Crippen molar-refractivity contribution in [1.82, 2.24) is 10.2 Å². The maximum absolute atomic E-state index is 11.8. The van der Waals surface area contributed by atoms with Crippen LogP contribution in [-0.4, -0.2) is 50.2 Å². The molecule has 18 heavy (non-hydrogen) atoms. The van der Waals surface area contributed by atoms with Crippen molar-refractivity contribution in [3.8, 4) is 0 Å². The lowest BCUT2D eigenvalue weighted by atomic mass is 10.2. The van der Waals surface area contributed by atoms with E-state index in [1.165, 1.54) is 0 Å². The molecule has 0 bridgehead atoms. The summed E-state index contributed by atoms with van der Waals surface area (Å²) in [5.41, 5.74) is 0.581. The first-order valence-corrected chi connectivity index (χ1v) is 6.91. The molecule has 1 aromatic rings. The van der Waals surface area contributed by atoms with Crippen LogP contribution < -0.4 is 5.32 Å². The molecule has 1 fully saturated rings. The van der Waals surface area contributed by atoms with Crippen LogP contribution >= 0.6 is 15.9 Å². The number of hydrogen-bond acceptors (Lipinski definition) is 4. The maximum Gasteiger partial charge on any atom is 0.339 e. The molecule has 4 nitrogen and oxygen atoms in total. The van der Waals surface area contributed by atoms with Crippen molar-refractivity contribution in [2.45, 2.75) is 0 Å². The van der Waals surface area contributed by atoms with Gasteiger partial charge in [-0.1, -0.05) is 12.1 Å². The summed E-state index contributed by atoms with van der Waals surface area (Å²) in [7, 11) is 0. The van der Waals surface area contributed by atoms with E-state index in [0.717, 1.165) is 37.2 Å². The predicted octanol–water partition coefficient (Wildman–Crippen LogP) is 1.51. The van der Waals surface area contributed by atoms with Gasteiger partial charge in [-0.15, -0.1) is 0 Å². The lowest BCUT2D eigenvalue weighted by Crippen LogP contribution is -2.44. The molecule has 5 heteroatoms. The molecule has 0 amide bonds. The topological polar surface area (TPSA) is 41.6 Å². The lowest BCUT2D eigenvalue weighted by Gasteiger charge is -2.26. The largest absolute Gasteiger partial charge is 0.461 e. The molecule has 1 heterocycles. The molecule has 0 aromatic heterocycles. The van der Waals surface area contributed by atoms with Crippen molar-refractivity contribution in [1.29, 1.82) is 0 Å². The number of carbonyl (C=O) groups is 1. The molecule has 1 aliphatic heterocycles. The van der Waals surface area contributed by atoms with E-state index in [-0.39, 0.29) is 5.97 Å². The number of rotatable bonds is 4. The number of nitrogens with zero attached hydrogens (tertiary/aromatic N) is 1. The summed E-state index contributed by atoms with van der Waals surface area (Å²) in [6, 6.07) is 7.31. The minimum atomic E-state index is -0.266. The third kappa shape index (κ3) is 3.80. The molecule has 1 N–H and O–H groups in total. The average Bonchev–Trinajstić information content (AvgIpc) is 2.40. The van der Waals surface area contributed by atoms with Gasteiger partial charge in [0.05, 0.1) is 5.56 Å². The monoisotopic (exact) mass is 312 g/mol. The SMILES string of the molecule is O=C(OCCN1CCNCC1)c1ccccc1Br. The normalized spacial score (nSPS) is 16.5. The van der Waals surface area contributed by atoms with Crippen molar-refractivity contribution in [2.24, 2.45) is 0 Å². The molecule has 2 rings (SSSR count). The fourth-order valence-electron chi connectivity index (χ4n) is 1.91. The smallest absolute Gasteiger partial charge is 0.339 e. The highest BCUT2D eigenvalue weighted by atomic mass is 79.9. The van der Waals surface area contributed by atoms with Gasteiger partial charge < -0.3 is 10.1 Å². The average molecular weight is 313 g/mol. The molecule has 0 saturated carbocycles. The van der Waals surface area contributed by atoms with E-state index in [9.17, 15) is 4.79 Å². The number of piperazine rings is 1. The summed E-state index contributed by atoms with van der Waals surface area (Å²) in [6.07, 6.45) is 0. The van der Waals surface area contributed by atoms with Gasteiger partial charge in [-0.2, -0.15) is 0 Å². The summed E-state index contributed by atoms with van der Waals surface area (Å²) >= 11 is 3.35. The highest BCUT2D eigenvalue weighted by Crippen LogP contribution is 2.16. The Morgan fingerprint density at radius 3 is 2.78 bits per heavy atom. The molecule has 0 unspecified atom stereocenters. The molecule has 0 atom stereocenters. The molecule has 1 aromatic carbocycles. The zero-order valence-electron chi connectivity index (χ0n) is 10.2. The van der Waals surface area contributed by atoms with Crippen molar-refractivity contribution >= 4 is 21.9 Å². The second kappa shape index (κ2) is 6.87. The van der Waals surface area contributed by atoms with Gasteiger partial charge in [-0.3, -0.25) is 4.90 Å². The Morgan fingerprint density at radius 1 is 1.33 bits per heavy atom. The second-order valence-electron chi connectivity index (χ2n) is 4.21. The first-order valence-electron chi connectivity index (χ1n) is 6.12. The summed E-state index contributed by atoms with van der Waals surface area (Å²) < 4.78 is 6.06. The van der Waals surface area contributed by atoms with E-state index >= 15 is 0 Å². The Hall–Kier alpha value is -0.910. The minimum Gasteiger partial charge on any atom is -0.461 e. The Labute approximate surface area is 115 Å². The summed E-state index contributed by atoms with van der Waals surface area (Å²) in [4.78, 5) is 14.1. The third-order valence-electron chi connectivity index (χ3n) is 2.94. The number of hydrogen-bond donors (Lipinski definition) is 1. The standard InChI is InChI=1S/C13H17BrN2O2/c14-12-4-2-1-3-11(12)13(17)18-10-9-16-7-5-15-6-8-16/h1-4,15H,5-10H2. The molecule has 0 aliphatic carbocycles. The molecular weight excluding hydrogens is 296 g/mol. The highest BCUT2D eigenvalue weighted by molar-refractivity contribution is 9.10. The highest BCUT2D eigenvalue weighted by Gasteiger charge is 2.12. The fraction of sp³-hybridized carbons (Fsp3) is 0.462. The van der Waals surface area contributed by atoms with Crippen LogP contribution in [0.4, 0.5) is 0 Å². The van der Waals surface area contributed by atoms with Crippen molar-refractivity contribution < 1.29 is 9.53 Å². The molecule has 98 valence electrons. The van der Waals surface area contributed by atoms with Gasteiger partial charge in [-0.25, -0.2) is 4.79 Å². The molecule has 0 spiro atoms. The number of halogens is 1. The van der Waals surface area contributed by atoms with Gasteiger partial charge in [0.15, 0.2) is 0 Å². The van der Waals surface area contributed by atoms with Gasteiger partial charge >= 0.3 is 5.97 Å². The number of carbonyl (C=O) groups excluding carboxylic acids is 1.